The van der Waals surface area contributed by atoms with E-state index >= 15 is 0 Å². The molecule has 0 aromatic heterocycles. The van der Waals surface area contributed by atoms with Gasteiger partial charge in [-0.25, -0.2) is 0 Å². The maximum atomic E-state index is 10.7. The third-order valence-electron chi connectivity index (χ3n) is 2.21. The van der Waals surface area contributed by atoms with Crippen LogP contribution in [0.3, 0.4) is 0 Å². The lowest BCUT2D eigenvalue weighted by molar-refractivity contribution is 0.246. The average molecular weight is 208 g/mol. The Morgan fingerprint density at radius 3 is 2.77 bits per heavy atom. The van der Waals surface area contributed by atoms with E-state index in [2.05, 4.69) is 10.6 Å². The Morgan fingerprint density at radius 2 is 2.23 bits per heavy atom. The number of hydrogen-bond acceptors (Lipinski definition) is 5. The molecule has 2 N–H and O–H groups in total. The molecule has 0 radical (unpaired) electrons. The van der Waals surface area contributed by atoms with Gasteiger partial charge < -0.3 is 10.6 Å². The lowest BCUT2D eigenvalue weighted by atomic mass is 10.1. The van der Waals surface area contributed by atoms with Gasteiger partial charge in [0.05, 0.1) is 12.9 Å². The van der Waals surface area contributed by atoms with E-state index in [1.54, 1.807) is 0 Å². The van der Waals surface area contributed by atoms with Gasteiger partial charge in [-0.3, -0.25) is 4.18 Å². The lowest BCUT2D eigenvalue weighted by Crippen LogP contribution is -2.35. The molecule has 0 aliphatic carbocycles. The van der Waals surface area contributed by atoms with Gasteiger partial charge in [-0.05, 0) is 7.05 Å². The first kappa shape index (κ1) is 10.9. The summed E-state index contributed by atoms with van der Waals surface area (Å²) >= 11 is 0. The van der Waals surface area contributed by atoms with Gasteiger partial charge in [0, 0.05) is 25.0 Å². The van der Waals surface area contributed by atoms with E-state index in [4.69, 9.17) is 4.18 Å². The van der Waals surface area contributed by atoms with Crippen molar-refractivity contribution in [1.29, 1.82) is 0 Å². The van der Waals surface area contributed by atoms with E-state index in [1.165, 1.54) is 0 Å². The zero-order valence-corrected chi connectivity index (χ0v) is 8.73. The van der Waals surface area contributed by atoms with Gasteiger partial charge in [0.25, 0.3) is 10.1 Å². The van der Waals surface area contributed by atoms with Crippen LogP contribution in [0.5, 0.6) is 0 Å². The van der Waals surface area contributed by atoms with E-state index in [0.717, 1.165) is 19.3 Å². The van der Waals surface area contributed by atoms with Gasteiger partial charge in [0.2, 0.25) is 0 Å². The van der Waals surface area contributed by atoms with Crippen LogP contribution in [-0.2, 0) is 14.3 Å². The Balaban J connectivity index is 2.36. The number of hydrogen-bond donors (Lipinski definition) is 2. The van der Waals surface area contributed by atoms with Gasteiger partial charge in [-0.15, -0.1) is 0 Å². The minimum atomic E-state index is -3.30. The van der Waals surface area contributed by atoms with Crippen molar-refractivity contribution < 1.29 is 12.6 Å². The van der Waals surface area contributed by atoms with E-state index in [1.807, 2.05) is 7.05 Å². The predicted octanol–water partition coefficient (Wildman–Crippen LogP) is -1.23. The van der Waals surface area contributed by atoms with Crippen LogP contribution < -0.4 is 10.6 Å². The van der Waals surface area contributed by atoms with E-state index < -0.39 is 10.1 Å². The first-order chi connectivity index (χ1) is 6.03. The molecule has 2 unspecified atom stereocenters. The summed E-state index contributed by atoms with van der Waals surface area (Å²) in [5.41, 5.74) is 0. The zero-order chi connectivity index (χ0) is 9.90. The molecule has 78 valence electrons. The first-order valence-corrected chi connectivity index (χ1v) is 6.07. The van der Waals surface area contributed by atoms with Gasteiger partial charge in [0.1, 0.15) is 0 Å². The molecule has 1 heterocycles. The van der Waals surface area contributed by atoms with Crippen molar-refractivity contribution in [2.24, 2.45) is 5.92 Å². The van der Waals surface area contributed by atoms with Crippen molar-refractivity contribution in [1.82, 2.24) is 10.6 Å². The molecular formula is C7H16N2O3S. The van der Waals surface area contributed by atoms with Crippen molar-refractivity contribution in [2.75, 3.05) is 33.0 Å². The number of nitrogens with one attached hydrogen (secondary N) is 2. The monoisotopic (exact) mass is 208 g/mol. The third-order valence-corrected chi connectivity index (χ3v) is 2.77. The van der Waals surface area contributed by atoms with Crippen LogP contribution in [0.4, 0.5) is 0 Å². The Labute approximate surface area is 79.0 Å². The quantitative estimate of drug-likeness (QED) is 0.566. The van der Waals surface area contributed by atoms with Crippen LogP contribution in [0, 0.1) is 5.92 Å². The topological polar surface area (TPSA) is 67.4 Å². The largest absolute Gasteiger partial charge is 0.315 e. The molecule has 1 fully saturated rings. The standard InChI is InChI=1S/C7H16N2O3S/c1-8-7-4-9-3-6(7)5-12-13(2,10)11/h6-9H,3-5H2,1-2H3. The fourth-order valence-electron chi connectivity index (χ4n) is 1.46. The molecule has 1 aliphatic heterocycles. The highest BCUT2D eigenvalue weighted by Crippen LogP contribution is 2.09. The molecule has 6 heteroatoms. The molecule has 1 rings (SSSR count). The van der Waals surface area contributed by atoms with Crippen molar-refractivity contribution in [2.45, 2.75) is 6.04 Å². The molecule has 13 heavy (non-hydrogen) atoms. The third kappa shape index (κ3) is 3.60. The predicted molar refractivity (Wildman–Crippen MR) is 50.0 cm³/mol. The summed E-state index contributed by atoms with van der Waals surface area (Å²) in [6, 6.07) is 0.307. The number of likely N-dealkylation sites (N-methyl/N-ethyl adjacent to an activating group) is 1. The molecule has 1 aliphatic rings. The van der Waals surface area contributed by atoms with Crippen molar-refractivity contribution in [3.63, 3.8) is 0 Å². The lowest BCUT2D eigenvalue weighted by Gasteiger charge is -2.16. The summed E-state index contributed by atoms with van der Waals surface area (Å²) in [7, 11) is -1.43. The van der Waals surface area contributed by atoms with Crippen LogP contribution in [-0.4, -0.2) is 47.5 Å². The average Bonchev–Trinajstić information content (AvgIpc) is 2.46. The van der Waals surface area contributed by atoms with Crippen molar-refractivity contribution in [3.05, 3.63) is 0 Å². The first-order valence-electron chi connectivity index (χ1n) is 4.25. The molecule has 1 saturated heterocycles. The molecule has 0 saturated carbocycles. The van der Waals surface area contributed by atoms with Crippen LogP contribution in [0.25, 0.3) is 0 Å². The second kappa shape index (κ2) is 4.36. The molecule has 0 bridgehead atoms. The van der Waals surface area contributed by atoms with Gasteiger partial charge in [0.15, 0.2) is 0 Å². The van der Waals surface area contributed by atoms with Gasteiger partial charge >= 0.3 is 0 Å². The smallest absolute Gasteiger partial charge is 0.264 e. The Kier molecular flexibility index (Phi) is 3.66. The van der Waals surface area contributed by atoms with Crippen LogP contribution in [0.15, 0.2) is 0 Å². The molecule has 0 amide bonds. The summed E-state index contributed by atoms with van der Waals surface area (Å²) in [6.45, 7) is 1.94. The normalized spacial score (nSPS) is 29.4. The van der Waals surface area contributed by atoms with Crippen molar-refractivity contribution in [3.8, 4) is 0 Å². The van der Waals surface area contributed by atoms with Gasteiger partial charge in [-0.1, -0.05) is 0 Å². The Bertz CT molecular complexity index is 252. The van der Waals surface area contributed by atoms with Gasteiger partial charge in [-0.2, -0.15) is 8.42 Å². The van der Waals surface area contributed by atoms with Crippen LogP contribution in [0.2, 0.25) is 0 Å². The van der Waals surface area contributed by atoms with E-state index in [9.17, 15) is 8.42 Å². The highest BCUT2D eigenvalue weighted by Gasteiger charge is 2.26. The molecule has 0 aromatic carbocycles. The Hall–Kier alpha value is -0.170. The molecule has 0 spiro atoms. The molecule has 2 atom stereocenters. The number of rotatable bonds is 4. The zero-order valence-electron chi connectivity index (χ0n) is 7.91. The van der Waals surface area contributed by atoms with Crippen LogP contribution in [0.1, 0.15) is 0 Å². The maximum Gasteiger partial charge on any atom is 0.264 e. The van der Waals surface area contributed by atoms with Crippen LogP contribution >= 0.6 is 0 Å². The highest BCUT2D eigenvalue weighted by atomic mass is 32.2. The van der Waals surface area contributed by atoms with E-state index in [0.29, 0.717) is 6.04 Å². The second-order valence-electron chi connectivity index (χ2n) is 3.30. The fraction of sp³-hybridized carbons (Fsp3) is 1.00. The highest BCUT2D eigenvalue weighted by molar-refractivity contribution is 7.85. The SMILES string of the molecule is CNC1CNCC1COS(C)(=O)=O. The minimum Gasteiger partial charge on any atom is -0.315 e. The summed E-state index contributed by atoms with van der Waals surface area (Å²) < 4.78 is 26.2. The summed E-state index contributed by atoms with van der Waals surface area (Å²) in [5.74, 6) is 0.236. The summed E-state index contributed by atoms with van der Waals surface area (Å²) in [4.78, 5) is 0. The maximum absolute atomic E-state index is 10.7. The summed E-state index contributed by atoms with van der Waals surface area (Å²) in [6.07, 6.45) is 1.07. The van der Waals surface area contributed by atoms with Crippen molar-refractivity contribution >= 4 is 10.1 Å². The second-order valence-corrected chi connectivity index (χ2v) is 4.95. The fourth-order valence-corrected chi connectivity index (χ4v) is 1.88. The minimum absolute atomic E-state index is 0.236. The summed E-state index contributed by atoms with van der Waals surface area (Å²) in [5, 5.41) is 6.29. The molecule has 0 aromatic rings. The molecular weight excluding hydrogens is 192 g/mol. The Morgan fingerprint density at radius 1 is 1.54 bits per heavy atom. The molecule has 5 nitrogen and oxygen atoms in total. The van der Waals surface area contributed by atoms with E-state index in [-0.39, 0.29) is 12.5 Å².